The highest BCUT2D eigenvalue weighted by atomic mass is 35.5. The Morgan fingerprint density at radius 3 is 2.40 bits per heavy atom. The van der Waals surface area contributed by atoms with Gasteiger partial charge in [0.2, 0.25) is 0 Å². The largest absolute Gasteiger partial charge is 0.496 e. The van der Waals surface area contributed by atoms with Crippen LogP contribution >= 0.6 is 11.6 Å². The molecule has 0 unspecified atom stereocenters. The number of carbonyl (C=O) groups excluding carboxylic acids is 1. The van der Waals surface area contributed by atoms with Gasteiger partial charge in [0.1, 0.15) is 22.8 Å². The number of carbonyl (C=O) groups is 1. The van der Waals surface area contributed by atoms with Gasteiger partial charge < -0.3 is 9.47 Å². The van der Waals surface area contributed by atoms with Crippen LogP contribution in [0.4, 0.5) is 0 Å². The molecular weight excluding hydrogens is 276 g/mol. The highest BCUT2D eigenvalue weighted by Crippen LogP contribution is 2.35. The summed E-state index contributed by atoms with van der Waals surface area (Å²) in [5.74, 6) is 1.30. The molecule has 2 rings (SSSR count). The molecule has 3 nitrogen and oxygen atoms in total. The van der Waals surface area contributed by atoms with E-state index in [9.17, 15) is 4.79 Å². The fourth-order valence-electron chi connectivity index (χ4n) is 1.92. The number of hydrogen-bond acceptors (Lipinski definition) is 3. The van der Waals surface area contributed by atoms with Crippen molar-refractivity contribution >= 4 is 17.4 Å². The van der Waals surface area contributed by atoms with Crippen LogP contribution in [0.1, 0.15) is 22.8 Å². The summed E-state index contributed by atoms with van der Waals surface area (Å²) in [6.45, 7) is 3.42. The molecule has 0 radical (unpaired) electrons. The van der Waals surface area contributed by atoms with E-state index in [4.69, 9.17) is 21.1 Å². The van der Waals surface area contributed by atoms with Crippen molar-refractivity contribution in [2.45, 2.75) is 13.8 Å². The molecule has 0 saturated heterocycles. The summed E-state index contributed by atoms with van der Waals surface area (Å²) in [4.78, 5) is 11.8. The van der Waals surface area contributed by atoms with Crippen LogP contribution in [0.3, 0.4) is 0 Å². The predicted molar refractivity (Wildman–Crippen MR) is 79.3 cm³/mol. The van der Waals surface area contributed by atoms with E-state index in [1.807, 2.05) is 19.1 Å². The summed E-state index contributed by atoms with van der Waals surface area (Å²) in [5, 5.41) is 0.502. The number of Topliss-reactive ketones (excluding diaryl/α,β-unsaturated/α-hetero) is 1. The Hall–Kier alpha value is -2.00. The third-order valence-electron chi connectivity index (χ3n) is 2.87. The van der Waals surface area contributed by atoms with Gasteiger partial charge in [-0.1, -0.05) is 23.7 Å². The van der Waals surface area contributed by atoms with Crippen molar-refractivity contribution in [3.63, 3.8) is 0 Å². The van der Waals surface area contributed by atoms with Crippen LogP contribution in [0.25, 0.3) is 0 Å². The van der Waals surface area contributed by atoms with E-state index >= 15 is 0 Å². The van der Waals surface area contributed by atoms with E-state index < -0.39 is 0 Å². The Kier molecular flexibility index (Phi) is 4.30. The number of aryl methyl sites for hydroxylation is 1. The topological polar surface area (TPSA) is 35.5 Å². The summed E-state index contributed by atoms with van der Waals surface area (Å²) in [6, 6.07) is 10.7. The van der Waals surface area contributed by atoms with Crippen molar-refractivity contribution in [2.24, 2.45) is 0 Å². The molecule has 2 aromatic rings. The lowest BCUT2D eigenvalue weighted by Crippen LogP contribution is -2.01. The van der Waals surface area contributed by atoms with Gasteiger partial charge in [0, 0.05) is 0 Å². The normalized spacial score (nSPS) is 10.2. The van der Waals surface area contributed by atoms with E-state index in [2.05, 4.69) is 0 Å². The van der Waals surface area contributed by atoms with Crippen LogP contribution < -0.4 is 9.47 Å². The molecule has 0 fully saturated rings. The third kappa shape index (κ3) is 2.94. The maximum Gasteiger partial charge on any atom is 0.167 e. The number of halogens is 1. The van der Waals surface area contributed by atoms with Gasteiger partial charge in [-0.3, -0.25) is 4.79 Å². The van der Waals surface area contributed by atoms with Crippen LogP contribution in [0.15, 0.2) is 36.4 Å². The van der Waals surface area contributed by atoms with Gasteiger partial charge in [-0.25, -0.2) is 0 Å². The molecule has 0 N–H and O–H groups in total. The average Bonchev–Trinajstić information content (AvgIpc) is 2.41. The monoisotopic (exact) mass is 290 g/mol. The van der Waals surface area contributed by atoms with Crippen LogP contribution in [-0.2, 0) is 0 Å². The lowest BCUT2D eigenvalue weighted by molar-refractivity contribution is 0.101. The molecule has 104 valence electrons. The van der Waals surface area contributed by atoms with Crippen LogP contribution in [0.5, 0.6) is 17.2 Å². The molecule has 0 aliphatic heterocycles. The summed E-state index contributed by atoms with van der Waals surface area (Å²) in [5.41, 5.74) is 1.45. The van der Waals surface area contributed by atoms with E-state index in [1.54, 1.807) is 24.3 Å². The maximum atomic E-state index is 11.8. The molecule has 0 heterocycles. The highest BCUT2D eigenvalue weighted by molar-refractivity contribution is 6.32. The zero-order chi connectivity index (χ0) is 14.7. The molecule has 0 aromatic heterocycles. The Morgan fingerprint density at radius 2 is 1.80 bits per heavy atom. The molecule has 0 amide bonds. The van der Waals surface area contributed by atoms with Crippen molar-refractivity contribution in [1.82, 2.24) is 0 Å². The molecule has 0 aliphatic carbocycles. The average molecular weight is 291 g/mol. The van der Waals surface area contributed by atoms with Gasteiger partial charge in [-0.05, 0) is 43.7 Å². The zero-order valence-electron chi connectivity index (χ0n) is 11.6. The first kappa shape index (κ1) is 14.4. The SMILES string of the molecule is COc1cccc(Oc2ccc(C)cc2Cl)c1C(C)=O. The van der Waals surface area contributed by atoms with Gasteiger partial charge in [-0.2, -0.15) is 0 Å². The maximum absolute atomic E-state index is 11.8. The van der Waals surface area contributed by atoms with Gasteiger partial charge in [0.25, 0.3) is 0 Å². The van der Waals surface area contributed by atoms with E-state index in [0.29, 0.717) is 27.8 Å². The van der Waals surface area contributed by atoms with Crippen LogP contribution in [0, 0.1) is 6.92 Å². The smallest absolute Gasteiger partial charge is 0.167 e. The van der Waals surface area contributed by atoms with Gasteiger partial charge in [0.05, 0.1) is 12.1 Å². The molecule has 0 saturated carbocycles. The van der Waals surface area contributed by atoms with Crippen molar-refractivity contribution in [3.05, 3.63) is 52.5 Å². The number of rotatable bonds is 4. The third-order valence-corrected chi connectivity index (χ3v) is 3.16. The standard InChI is InChI=1S/C16H15ClO3/c1-10-7-8-13(12(17)9-10)20-15-6-4-5-14(19-3)16(15)11(2)18/h4-9H,1-3H3. The first-order chi connectivity index (χ1) is 9.52. The van der Waals surface area contributed by atoms with E-state index in [0.717, 1.165) is 5.56 Å². The molecule has 0 aliphatic rings. The summed E-state index contributed by atoms with van der Waals surface area (Å²) >= 11 is 6.14. The Labute approximate surface area is 123 Å². The van der Waals surface area contributed by atoms with Crippen LogP contribution in [-0.4, -0.2) is 12.9 Å². The minimum Gasteiger partial charge on any atom is -0.496 e. The lowest BCUT2D eigenvalue weighted by Gasteiger charge is -2.13. The number of methoxy groups -OCH3 is 1. The first-order valence-electron chi connectivity index (χ1n) is 6.15. The Morgan fingerprint density at radius 1 is 1.10 bits per heavy atom. The number of ketones is 1. The van der Waals surface area contributed by atoms with E-state index in [1.165, 1.54) is 14.0 Å². The summed E-state index contributed by atoms with van der Waals surface area (Å²) in [7, 11) is 1.52. The van der Waals surface area contributed by atoms with Gasteiger partial charge >= 0.3 is 0 Å². The second-order valence-corrected chi connectivity index (χ2v) is 4.83. The number of ether oxygens (including phenoxy) is 2. The van der Waals surface area contributed by atoms with Crippen molar-refractivity contribution in [1.29, 1.82) is 0 Å². The fraction of sp³-hybridized carbons (Fsp3) is 0.188. The van der Waals surface area contributed by atoms with Crippen molar-refractivity contribution < 1.29 is 14.3 Å². The minimum atomic E-state index is -0.124. The molecule has 0 spiro atoms. The molecule has 20 heavy (non-hydrogen) atoms. The van der Waals surface area contributed by atoms with E-state index in [-0.39, 0.29) is 5.78 Å². The number of benzene rings is 2. The lowest BCUT2D eigenvalue weighted by atomic mass is 10.1. The summed E-state index contributed by atoms with van der Waals surface area (Å²) in [6.07, 6.45) is 0. The molecule has 0 atom stereocenters. The Balaban J connectivity index is 2.45. The first-order valence-corrected chi connectivity index (χ1v) is 6.52. The minimum absolute atomic E-state index is 0.124. The summed E-state index contributed by atoms with van der Waals surface area (Å²) < 4.78 is 11.0. The molecule has 0 bridgehead atoms. The molecular formula is C16H15ClO3. The second-order valence-electron chi connectivity index (χ2n) is 4.43. The number of hydrogen-bond donors (Lipinski definition) is 0. The fourth-order valence-corrected chi connectivity index (χ4v) is 2.19. The predicted octanol–water partition coefficient (Wildman–Crippen LogP) is 4.65. The van der Waals surface area contributed by atoms with Crippen LogP contribution in [0.2, 0.25) is 5.02 Å². The quantitative estimate of drug-likeness (QED) is 0.769. The highest BCUT2D eigenvalue weighted by Gasteiger charge is 2.16. The second kappa shape index (κ2) is 5.97. The van der Waals surface area contributed by atoms with Gasteiger partial charge in [0.15, 0.2) is 5.78 Å². The van der Waals surface area contributed by atoms with Gasteiger partial charge in [-0.15, -0.1) is 0 Å². The van der Waals surface area contributed by atoms with Crippen molar-refractivity contribution in [3.8, 4) is 17.2 Å². The van der Waals surface area contributed by atoms with Crippen molar-refractivity contribution in [2.75, 3.05) is 7.11 Å². The Bertz CT molecular complexity index is 650. The zero-order valence-corrected chi connectivity index (χ0v) is 12.3. The molecule has 4 heteroatoms. The molecule has 2 aromatic carbocycles.